The van der Waals surface area contributed by atoms with Crippen molar-refractivity contribution < 1.29 is 22.3 Å². The van der Waals surface area contributed by atoms with Gasteiger partial charge in [0.2, 0.25) is 0 Å². The van der Waals surface area contributed by atoms with E-state index in [1.54, 1.807) is 0 Å². The summed E-state index contributed by atoms with van der Waals surface area (Å²) in [5.41, 5.74) is 2.74. The van der Waals surface area contributed by atoms with Crippen LogP contribution in [0, 0.1) is 19.7 Å². The summed E-state index contributed by atoms with van der Waals surface area (Å²) in [7, 11) is -3.85. The number of nitrogens with one attached hydrogen (secondary N) is 2. The fourth-order valence-electron chi connectivity index (χ4n) is 3.00. The van der Waals surface area contributed by atoms with Gasteiger partial charge in [-0.2, -0.15) is 0 Å². The zero-order chi connectivity index (χ0) is 23.3. The van der Waals surface area contributed by atoms with E-state index in [0.29, 0.717) is 17.9 Å². The van der Waals surface area contributed by atoms with Crippen molar-refractivity contribution in [3.8, 4) is 5.75 Å². The van der Waals surface area contributed by atoms with Crippen LogP contribution >= 0.6 is 0 Å². The van der Waals surface area contributed by atoms with E-state index in [1.807, 2.05) is 39.0 Å². The number of ether oxygens (including phenoxy) is 1. The number of halogens is 1. The maximum absolute atomic E-state index is 13.0. The predicted molar refractivity (Wildman–Crippen MR) is 123 cm³/mol. The Morgan fingerprint density at radius 2 is 1.59 bits per heavy atom. The van der Waals surface area contributed by atoms with Crippen LogP contribution in [0.5, 0.6) is 5.75 Å². The van der Waals surface area contributed by atoms with E-state index in [4.69, 9.17) is 4.74 Å². The van der Waals surface area contributed by atoms with Gasteiger partial charge in [-0.05, 0) is 86.0 Å². The lowest BCUT2D eigenvalue weighted by Gasteiger charge is -2.19. The van der Waals surface area contributed by atoms with Gasteiger partial charge in [-0.1, -0.05) is 19.1 Å². The Balaban J connectivity index is 1.67. The van der Waals surface area contributed by atoms with Gasteiger partial charge in [0.05, 0.1) is 4.90 Å². The van der Waals surface area contributed by atoms with Gasteiger partial charge < -0.3 is 10.1 Å². The molecule has 1 unspecified atom stereocenters. The van der Waals surface area contributed by atoms with Crippen molar-refractivity contribution in [1.29, 1.82) is 0 Å². The molecule has 3 rings (SSSR count). The molecule has 32 heavy (non-hydrogen) atoms. The Hall–Kier alpha value is -3.39. The molecule has 0 saturated carbocycles. The first-order valence-corrected chi connectivity index (χ1v) is 11.6. The molecule has 8 heteroatoms. The lowest BCUT2D eigenvalue weighted by atomic mass is 10.1. The van der Waals surface area contributed by atoms with E-state index in [-0.39, 0.29) is 16.5 Å². The third-order valence-corrected chi connectivity index (χ3v) is 6.41. The summed E-state index contributed by atoms with van der Waals surface area (Å²) >= 11 is 0. The van der Waals surface area contributed by atoms with E-state index < -0.39 is 21.9 Å². The van der Waals surface area contributed by atoms with Crippen LogP contribution in [-0.2, 0) is 14.8 Å². The predicted octanol–water partition coefficient (Wildman–Crippen LogP) is 5.04. The van der Waals surface area contributed by atoms with Gasteiger partial charge in [0, 0.05) is 11.4 Å². The molecule has 0 saturated heterocycles. The zero-order valence-corrected chi connectivity index (χ0v) is 18.9. The number of carbonyl (C=O) groups is 1. The first-order valence-electron chi connectivity index (χ1n) is 10.1. The van der Waals surface area contributed by atoms with Crippen LogP contribution < -0.4 is 14.8 Å². The molecule has 0 spiro atoms. The fraction of sp³-hybridized carbons (Fsp3) is 0.208. The quantitative estimate of drug-likeness (QED) is 0.497. The Morgan fingerprint density at radius 3 is 2.22 bits per heavy atom. The van der Waals surface area contributed by atoms with E-state index in [9.17, 15) is 17.6 Å². The lowest BCUT2D eigenvalue weighted by molar-refractivity contribution is -0.122. The highest BCUT2D eigenvalue weighted by molar-refractivity contribution is 7.92. The average Bonchev–Trinajstić information content (AvgIpc) is 2.76. The minimum atomic E-state index is -3.85. The first-order chi connectivity index (χ1) is 15.2. The van der Waals surface area contributed by atoms with Crippen molar-refractivity contribution in [1.82, 2.24) is 0 Å². The van der Waals surface area contributed by atoms with Crippen LogP contribution in [0.2, 0.25) is 0 Å². The number of sulfonamides is 1. The lowest BCUT2D eigenvalue weighted by Crippen LogP contribution is -2.32. The maximum atomic E-state index is 13.0. The van der Waals surface area contributed by atoms with Crippen LogP contribution in [0.25, 0.3) is 0 Å². The number of carbonyl (C=O) groups excluding carboxylic acids is 1. The number of hydrogen-bond acceptors (Lipinski definition) is 4. The fourth-order valence-corrected chi connectivity index (χ4v) is 4.06. The standard InChI is InChI=1S/C24H25FN2O4S/c1-4-22(31-23-7-5-6-16(2)17(23)3)24(28)26-19-12-14-21(15-13-19)32(29,30)27-20-10-8-18(25)9-11-20/h5-15,22,27H,4H2,1-3H3,(H,26,28). The number of hydrogen-bond donors (Lipinski definition) is 2. The third kappa shape index (κ3) is 5.64. The van der Waals surface area contributed by atoms with Crippen LogP contribution in [0.15, 0.2) is 71.6 Å². The third-order valence-electron chi connectivity index (χ3n) is 5.02. The molecule has 0 bridgehead atoms. The first kappa shape index (κ1) is 23.3. The molecule has 1 amide bonds. The van der Waals surface area contributed by atoms with Crippen LogP contribution in [0.4, 0.5) is 15.8 Å². The number of rotatable bonds is 8. The van der Waals surface area contributed by atoms with Crippen molar-refractivity contribution in [3.05, 3.63) is 83.7 Å². The highest BCUT2D eigenvalue weighted by atomic mass is 32.2. The highest BCUT2D eigenvalue weighted by Gasteiger charge is 2.20. The second-order valence-electron chi connectivity index (χ2n) is 7.34. The summed E-state index contributed by atoms with van der Waals surface area (Å²) in [6, 6.07) is 16.5. The minimum absolute atomic E-state index is 0.0125. The number of benzene rings is 3. The van der Waals surface area contributed by atoms with Crippen LogP contribution in [0.1, 0.15) is 24.5 Å². The smallest absolute Gasteiger partial charge is 0.265 e. The summed E-state index contributed by atoms with van der Waals surface area (Å²) in [6.45, 7) is 5.77. The van der Waals surface area contributed by atoms with Gasteiger partial charge in [-0.25, -0.2) is 12.8 Å². The molecule has 1 atom stereocenters. The normalized spacial score (nSPS) is 12.1. The minimum Gasteiger partial charge on any atom is -0.480 e. The molecule has 3 aromatic carbocycles. The topological polar surface area (TPSA) is 84.5 Å². The van der Waals surface area contributed by atoms with Crippen molar-refractivity contribution in [3.63, 3.8) is 0 Å². The molecule has 0 fully saturated rings. The summed E-state index contributed by atoms with van der Waals surface area (Å²) in [4.78, 5) is 12.7. The van der Waals surface area contributed by atoms with Gasteiger partial charge in [0.25, 0.3) is 15.9 Å². The van der Waals surface area contributed by atoms with Gasteiger partial charge in [-0.15, -0.1) is 0 Å². The van der Waals surface area contributed by atoms with Crippen molar-refractivity contribution in [2.24, 2.45) is 0 Å². The van der Waals surface area contributed by atoms with E-state index in [0.717, 1.165) is 11.1 Å². The Labute approximate surface area is 187 Å². The average molecular weight is 457 g/mol. The summed E-state index contributed by atoms with van der Waals surface area (Å²) in [5, 5.41) is 2.76. The second kappa shape index (κ2) is 9.82. The molecule has 0 radical (unpaired) electrons. The number of amides is 1. The van der Waals surface area contributed by atoms with Gasteiger partial charge >= 0.3 is 0 Å². The van der Waals surface area contributed by atoms with Crippen molar-refractivity contribution in [2.75, 3.05) is 10.0 Å². The Kier molecular flexibility index (Phi) is 7.15. The van der Waals surface area contributed by atoms with Gasteiger partial charge in [0.1, 0.15) is 11.6 Å². The molecular formula is C24H25FN2O4S. The summed E-state index contributed by atoms with van der Waals surface area (Å²) in [6.07, 6.45) is -0.230. The number of aryl methyl sites for hydroxylation is 1. The molecule has 0 heterocycles. The molecule has 0 aliphatic heterocycles. The van der Waals surface area contributed by atoms with Gasteiger partial charge in [0.15, 0.2) is 6.10 Å². The second-order valence-corrected chi connectivity index (χ2v) is 9.02. The van der Waals surface area contributed by atoms with E-state index >= 15 is 0 Å². The molecule has 0 aliphatic carbocycles. The van der Waals surface area contributed by atoms with E-state index in [2.05, 4.69) is 10.0 Å². The molecule has 3 aromatic rings. The highest BCUT2D eigenvalue weighted by Crippen LogP contribution is 2.23. The van der Waals surface area contributed by atoms with Gasteiger partial charge in [-0.3, -0.25) is 9.52 Å². The monoisotopic (exact) mass is 456 g/mol. The van der Waals surface area contributed by atoms with E-state index in [1.165, 1.54) is 48.5 Å². The molecular weight excluding hydrogens is 431 g/mol. The summed E-state index contributed by atoms with van der Waals surface area (Å²) in [5.74, 6) is -0.131. The Bertz CT molecular complexity index is 1190. The molecule has 0 aliphatic rings. The largest absolute Gasteiger partial charge is 0.480 e. The number of anilines is 2. The molecule has 6 nitrogen and oxygen atoms in total. The maximum Gasteiger partial charge on any atom is 0.265 e. The Morgan fingerprint density at radius 1 is 0.969 bits per heavy atom. The summed E-state index contributed by atoms with van der Waals surface area (Å²) < 4.78 is 46.4. The van der Waals surface area contributed by atoms with Crippen molar-refractivity contribution in [2.45, 2.75) is 38.2 Å². The molecule has 168 valence electrons. The van der Waals surface area contributed by atoms with Crippen LogP contribution in [-0.4, -0.2) is 20.4 Å². The molecule has 2 N–H and O–H groups in total. The SMILES string of the molecule is CCC(Oc1cccc(C)c1C)C(=O)Nc1ccc(S(=O)(=O)Nc2ccc(F)cc2)cc1. The molecule has 0 aromatic heterocycles. The van der Waals surface area contributed by atoms with Crippen LogP contribution in [0.3, 0.4) is 0 Å². The van der Waals surface area contributed by atoms with Crippen molar-refractivity contribution >= 4 is 27.3 Å². The zero-order valence-electron chi connectivity index (χ0n) is 18.1.